The van der Waals surface area contributed by atoms with E-state index in [1.165, 1.54) is 25.3 Å². The summed E-state index contributed by atoms with van der Waals surface area (Å²) in [5.41, 5.74) is 0.315. The molecule has 0 saturated heterocycles. The molecule has 4 saturated carbocycles. The number of hydrogen-bond donors (Lipinski definition) is 2. The van der Waals surface area contributed by atoms with Gasteiger partial charge in [0.25, 0.3) is 0 Å². The van der Waals surface area contributed by atoms with Crippen molar-refractivity contribution in [3.05, 3.63) is 29.3 Å². The van der Waals surface area contributed by atoms with E-state index in [9.17, 15) is 13.3 Å². The minimum Gasteiger partial charge on any atom is -0.490 e. The Labute approximate surface area is 158 Å². The summed E-state index contributed by atoms with van der Waals surface area (Å²) >= 11 is 0. The molecule has 0 heterocycles. The maximum absolute atomic E-state index is 14.9. The summed E-state index contributed by atoms with van der Waals surface area (Å²) < 4.78 is 45.7. The van der Waals surface area contributed by atoms with Crippen LogP contribution in [-0.4, -0.2) is 22.6 Å². The molecule has 27 heavy (non-hydrogen) atoms. The standard InChI is InChI=1S/C20H27F2O4P/c21-18-16(20-10-13-7-14(11-20)9-15(8-13)12-20)3-4-17(19(18)22)26-5-1-2-6-27(23,24)25/h3-4,13-15H,1-2,5-12H2,(H2,23,24,25)/t13-,14?,15?,20-. The lowest BCUT2D eigenvalue weighted by molar-refractivity contribution is -0.00708. The van der Waals surface area contributed by atoms with Gasteiger partial charge in [0.1, 0.15) is 0 Å². The minimum absolute atomic E-state index is 0.104. The van der Waals surface area contributed by atoms with Crippen molar-refractivity contribution in [2.75, 3.05) is 12.8 Å². The van der Waals surface area contributed by atoms with Crippen LogP contribution in [-0.2, 0) is 9.98 Å². The van der Waals surface area contributed by atoms with Crippen molar-refractivity contribution in [3.63, 3.8) is 0 Å². The van der Waals surface area contributed by atoms with E-state index in [1.807, 2.05) is 0 Å². The van der Waals surface area contributed by atoms with E-state index in [0.29, 0.717) is 29.7 Å². The van der Waals surface area contributed by atoms with Crippen LogP contribution in [0, 0.1) is 29.4 Å². The monoisotopic (exact) mass is 400 g/mol. The maximum Gasteiger partial charge on any atom is 0.325 e. The summed E-state index contributed by atoms with van der Waals surface area (Å²) in [6, 6.07) is 3.23. The van der Waals surface area contributed by atoms with Gasteiger partial charge in [0.15, 0.2) is 11.6 Å². The normalized spacial score (nSPS) is 32.1. The molecule has 1 aromatic rings. The third-order valence-corrected chi connectivity index (χ3v) is 7.66. The summed E-state index contributed by atoms with van der Waals surface area (Å²) in [5.74, 6) is 0.149. The van der Waals surface area contributed by atoms with Crippen molar-refractivity contribution >= 4 is 7.60 Å². The van der Waals surface area contributed by atoms with E-state index < -0.39 is 19.2 Å². The van der Waals surface area contributed by atoms with Crippen LogP contribution in [0.5, 0.6) is 5.75 Å². The Bertz CT molecular complexity index is 725. The number of rotatable bonds is 7. The number of unbranched alkanes of at least 4 members (excludes halogenated alkanes) is 1. The molecule has 1 aromatic carbocycles. The molecule has 0 aromatic heterocycles. The molecular formula is C20H27F2O4P. The molecule has 4 bridgehead atoms. The molecule has 0 radical (unpaired) electrons. The van der Waals surface area contributed by atoms with Crippen molar-refractivity contribution in [1.29, 1.82) is 0 Å². The predicted molar refractivity (Wildman–Crippen MR) is 97.8 cm³/mol. The SMILES string of the molecule is O=P(O)(O)CCCCOc1ccc([C@]23CC4CC(C[C@H](C4)C2)C3)c(F)c1F. The number of halogens is 2. The zero-order valence-corrected chi connectivity index (χ0v) is 16.3. The Hall–Kier alpha value is -0.970. The predicted octanol–water partition coefficient (Wildman–Crippen LogP) is 4.77. The fraction of sp³-hybridized carbons (Fsp3) is 0.700. The molecular weight excluding hydrogens is 373 g/mol. The van der Waals surface area contributed by atoms with Gasteiger partial charge >= 0.3 is 7.60 Å². The molecule has 0 spiro atoms. The molecule has 4 aliphatic rings. The van der Waals surface area contributed by atoms with Crippen molar-refractivity contribution in [2.24, 2.45) is 17.8 Å². The van der Waals surface area contributed by atoms with E-state index in [0.717, 1.165) is 19.3 Å². The Kier molecular flexibility index (Phi) is 5.11. The van der Waals surface area contributed by atoms with Crippen LogP contribution >= 0.6 is 7.60 Å². The zero-order chi connectivity index (χ0) is 19.2. The van der Waals surface area contributed by atoms with Crippen LogP contribution in [0.1, 0.15) is 56.9 Å². The average molecular weight is 400 g/mol. The molecule has 0 aliphatic heterocycles. The Morgan fingerprint density at radius 1 is 1.00 bits per heavy atom. The zero-order valence-electron chi connectivity index (χ0n) is 15.4. The lowest BCUT2D eigenvalue weighted by atomic mass is 9.48. The molecule has 150 valence electrons. The molecule has 2 N–H and O–H groups in total. The van der Waals surface area contributed by atoms with Gasteiger partial charge in [-0.3, -0.25) is 4.57 Å². The molecule has 0 amide bonds. The topological polar surface area (TPSA) is 66.8 Å². The number of benzene rings is 1. The third-order valence-electron chi connectivity index (χ3n) is 6.76. The van der Waals surface area contributed by atoms with Crippen LogP contribution in [0.2, 0.25) is 0 Å². The minimum atomic E-state index is -4.02. The van der Waals surface area contributed by atoms with Gasteiger partial charge in [0.2, 0.25) is 5.82 Å². The fourth-order valence-electron chi connectivity index (χ4n) is 6.10. The van der Waals surface area contributed by atoms with Gasteiger partial charge in [-0.1, -0.05) is 6.07 Å². The van der Waals surface area contributed by atoms with Crippen LogP contribution in [0.3, 0.4) is 0 Å². The molecule has 0 unspecified atom stereocenters. The van der Waals surface area contributed by atoms with Gasteiger partial charge < -0.3 is 14.5 Å². The molecule has 4 aliphatic carbocycles. The van der Waals surface area contributed by atoms with Crippen molar-refractivity contribution < 1.29 is 27.9 Å². The van der Waals surface area contributed by atoms with Gasteiger partial charge in [-0.2, -0.15) is 4.39 Å². The first-order valence-corrected chi connectivity index (χ1v) is 11.7. The van der Waals surface area contributed by atoms with Crippen LogP contribution in [0.25, 0.3) is 0 Å². The lowest BCUT2D eigenvalue weighted by Gasteiger charge is -2.57. The second-order valence-electron chi connectivity index (χ2n) is 8.88. The highest BCUT2D eigenvalue weighted by molar-refractivity contribution is 7.51. The fourth-order valence-corrected chi connectivity index (χ4v) is 6.73. The van der Waals surface area contributed by atoms with E-state index in [2.05, 4.69) is 0 Å². The number of hydrogen-bond acceptors (Lipinski definition) is 2. The smallest absolute Gasteiger partial charge is 0.325 e. The van der Waals surface area contributed by atoms with E-state index in [1.54, 1.807) is 6.07 Å². The Morgan fingerprint density at radius 2 is 1.59 bits per heavy atom. The first-order valence-electron chi connectivity index (χ1n) is 9.92. The highest BCUT2D eigenvalue weighted by atomic mass is 31.2. The quantitative estimate of drug-likeness (QED) is 0.511. The number of ether oxygens (including phenoxy) is 1. The first-order chi connectivity index (χ1) is 12.8. The second-order valence-corrected chi connectivity index (χ2v) is 10.7. The van der Waals surface area contributed by atoms with E-state index in [4.69, 9.17) is 14.5 Å². The van der Waals surface area contributed by atoms with Crippen LogP contribution < -0.4 is 4.74 Å². The molecule has 7 heteroatoms. The largest absolute Gasteiger partial charge is 0.490 e. The van der Waals surface area contributed by atoms with Crippen molar-refractivity contribution in [1.82, 2.24) is 0 Å². The molecule has 4 fully saturated rings. The van der Waals surface area contributed by atoms with E-state index >= 15 is 0 Å². The molecule has 0 atom stereocenters. The van der Waals surface area contributed by atoms with Gasteiger partial charge in [0.05, 0.1) is 6.61 Å². The highest BCUT2D eigenvalue weighted by Gasteiger charge is 2.52. The average Bonchev–Trinajstić information content (AvgIpc) is 2.56. The van der Waals surface area contributed by atoms with Gasteiger partial charge in [-0.25, -0.2) is 4.39 Å². The van der Waals surface area contributed by atoms with Crippen LogP contribution in [0.15, 0.2) is 12.1 Å². The summed E-state index contributed by atoms with van der Waals surface area (Å²) in [6.07, 6.45) is 7.09. The molecule has 4 nitrogen and oxygen atoms in total. The first kappa shape index (κ1) is 19.4. The third kappa shape index (κ3) is 3.94. The van der Waals surface area contributed by atoms with Crippen molar-refractivity contribution in [2.45, 2.75) is 56.8 Å². The highest BCUT2D eigenvalue weighted by Crippen LogP contribution is 2.61. The lowest BCUT2D eigenvalue weighted by Crippen LogP contribution is -2.49. The van der Waals surface area contributed by atoms with Gasteiger partial charge in [-0.05, 0) is 86.2 Å². The summed E-state index contributed by atoms with van der Waals surface area (Å²) in [5, 5.41) is 0. The summed E-state index contributed by atoms with van der Waals surface area (Å²) in [4.78, 5) is 17.6. The van der Waals surface area contributed by atoms with Gasteiger partial charge in [0, 0.05) is 6.16 Å². The summed E-state index contributed by atoms with van der Waals surface area (Å²) in [7, 11) is -4.02. The summed E-state index contributed by atoms with van der Waals surface area (Å²) in [6.45, 7) is 0.104. The second kappa shape index (κ2) is 7.13. The Balaban J connectivity index is 1.44. The van der Waals surface area contributed by atoms with Crippen LogP contribution in [0.4, 0.5) is 8.78 Å². The molecule has 5 rings (SSSR count). The maximum atomic E-state index is 14.9. The van der Waals surface area contributed by atoms with Gasteiger partial charge in [-0.15, -0.1) is 0 Å². The Morgan fingerprint density at radius 3 is 2.15 bits per heavy atom. The van der Waals surface area contributed by atoms with Crippen molar-refractivity contribution in [3.8, 4) is 5.75 Å². The van der Waals surface area contributed by atoms with E-state index in [-0.39, 0.29) is 30.4 Å².